The van der Waals surface area contributed by atoms with Gasteiger partial charge in [0.1, 0.15) is 5.75 Å². The Morgan fingerprint density at radius 2 is 1.77 bits per heavy atom. The monoisotopic (exact) mass is 529 g/mol. The molecule has 5 aromatic rings. The smallest absolute Gasteiger partial charge is 0.433 e. The molecule has 2 aromatic carbocycles. The summed E-state index contributed by atoms with van der Waals surface area (Å²) in [4.78, 5) is 20.8. The van der Waals surface area contributed by atoms with E-state index < -0.39 is 17.8 Å². The number of pyridine rings is 2. The predicted octanol–water partition coefficient (Wildman–Crippen LogP) is 6.22. The van der Waals surface area contributed by atoms with E-state index in [-0.39, 0.29) is 11.5 Å². The molecule has 0 aliphatic heterocycles. The first-order chi connectivity index (χ1) is 18.9. The van der Waals surface area contributed by atoms with Gasteiger partial charge in [-0.2, -0.15) is 18.3 Å². The fourth-order valence-corrected chi connectivity index (χ4v) is 3.86. The molecule has 3 aromatic heterocycles. The van der Waals surface area contributed by atoms with Gasteiger partial charge in [-0.05, 0) is 54.1 Å². The first kappa shape index (κ1) is 25.7. The number of amides is 1. The van der Waals surface area contributed by atoms with Gasteiger partial charge in [-0.3, -0.25) is 9.78 Å². The molecule has 5 rings (SSSR count). The van der Waals surface area contributed by atoms with Gasteiger partial charge < -0.3 is 10.1 Å². The maximum Gasteiger partial charge on any atom is 0.433 e. The topological polar surface area (TPSA) is 81.9 Å². The van der Waals surface area contributed by atoms with Crippen molar-refractivity contribution in [2.24, 2.45) is 0 Å². The Balaban J connectivity index is 1.27. The molecule has 1 amide bonds. The highest BCUT2D eigenvalue weighted by Gasteiger charge is 2.36. The van der Waals surface area contributed by atoms with Gasteiger partial charge in [0.2, 0.25) is 0 Å². The Bertz CT molecular complexity index is 1550. The molecule has 0 atom stereocenters. The Morgan fingerprint density at radius 1 is 0.923 bits per heavy atom. The van der Waals surface area contributed by atoms with Crippen molar-refractivity contribution in [3.8, 4) is 22.8 Å². The third kappa shape index (κ3) is 6.30. The fourth-order valence-electron chi connectivity index (χ4n) is 3.86. The van der Waals surface area contributed by atoms with Gasteiger partial charge in [-0.25, -0.2) is 9.67 Å². The number of anilines is 1. The van der Waals surface area contributed by atoms with E-state index >= 15 is 0 Å². The van der Waals surface area contributed by atoms with Crippen molar-refractivity contribution in [2.75, 3.05) is 11.9 Å². The second-order valence-corrected chi connectivity index (χ2v) is 8.54. The summed E-state index contributed by atoms with van der Waals surface area (Å²) < 4.78 is 47.7. The lowest BCUT2D eigenvalue weighted by molar-refractivity contribution is -0.142. The maximum absolute atomic E-state index is 13.7. The van der Waals surface area contributed by atoms with Gasteiger partial charge in [-0.1, -0.05) is 36.4 Å². The molecule has 0 bridgehead atoms. The summed E-state index contributed by atoms with van der Waals surface area (Å²) in [5, 5.41) is 6.81. The van der Waals surface area contributed by atoms with E-state index in [1.165, 1.54) is 30.7 Å². The van der Waals surface area contributed by atoms with Crippen LogP contribution in [0.5, 0.6) is 5.75 Å². The summed E-state index contributed by atoms with van der Waals surface area (Å²) in [6.45, 7) is 0.455. The van der Waals surface area contributed by atoms with E-state index in [9.17, 15) is 18.0 Å². The third-order valence-corrected chi connectivity index (χ3v) is 5.78. The van der Waals surface area contributed by atoms with E-state index in [1.807, 2.05) is 30.3 Å². The number of carbonyl (C=O) groups excluding carboxylic acids is 1. The minimum absolute atomic E-state index is 0.0516. The molecular weight excluding hydrogens is 507 g/mol. The van der Waals surface area contributed by atoms with E-state index in [2.05, 4.69) is 20.4 Å². The summed E-state index contributed by atoms with van der Waals surface area (Å²) in [6.07, 6.45) is 0.303. The van der Waals surface area contributed by atoms with Crippen LogP contribution in [-0.2, 0) is 12.6 Å². The molecule has 1 N–H and O–H groups in total. The van der Waals surface area contributed by atoms with Crippen LogP contribution in [0.2, 0.25) is 0 Å². The molecule has 0 fully saturated rings. The van der Waals surface area contributed by atoms with Crippen LogP contribution in [0.1, 0.15) is 21.6 Å². The normalized spacial score (nSPS) is 11.3. The Kier molecular flexibility index (Phi) is 7.35. The number of rotatable bonds is 8. The van der Waals surface area contributed by atoms with Crippen molar-refractivity contribution < 1.29 is 22.7 Å². The second-order valence-electron chi connectivity index (χ2n) is 8.54. The molecule has 10 heteroatoms. The molecule has 0 unspecified atom stereocenters. The molecule has 0 saturated heterocycles. The Labute approximate surface area is 221 Å². The molecule has 39 heavy (non-hydrogen) atoms. The number of ether oxygens (including phenoxy) is 1. The van der Waals surface area contributed by atoms with Gasteiger partial charge in [0.05, 0.1) is 24.2 Å². The first-order valence-electron chi connectivity index (χ1n) is 12.0. The van der Waals surface area contributed by atoms with Crippen LogP contribution >= 0.6 is 0 Å². The molecule has 196 valence electrons. The fraction of sp³-hybridized carbons (Fsp3) is 0.103. The van der Waals surface area contributed by atoms with Gasteiger partial charge in [0.25, 0.3) is 5.91 Å². The second kappa shape index (κ2) is 11.2. The number of nitrogens with zero attached hydrogens (tertiary/aromatic N) is 4. The van der Waals surface area contributed by atoms with Crippen LogP contribution in [0.15, 0.2) is 104 Å². The van der Waals surface area contributed by atoms with Crippen LogP contribution in [-0.4, -0.2) is 32.3 Å². The molecule has 0 aliphatic rings. The molecule has 0 spiro atoms. The highest BCUT2D eigenvalue weighted by molar-refractivity contribution is 6.04. The van der Waals surface area contributed by atoms with Gasteiger partial charge in [-0.15, -0.1) is 0 Å². The number of hydrogen-bond donors (Lipinski definition) is 1. The van der Waals surface area contributed by atoms with E-state index in [0.29, 0.717) is 29.2 Å². The highest BCUT2D eigenvalue weighted by atomic mass is 19.4. The zero-order chi connectivity index (χ0) is 27.2. The van der Waals surface area contributed by atoms with Crippen LogP contribution in [0.3, 0.4) is 0 Å². The lowest BCUT2D eigenvalue weighted by atomic mass is 10.1. The highest BCUT2D eigenvalue weighted by Crippen LogP contribution is 2.33. The average Bonchev–Trinajstić information content (AvgIpc) is 3.41. The van der Waals surface area contributed by atoms with Gasteiger partial charge >= 0.3 is 6.18 Å². The van der Waals surface area contributed by atoms with Crippen LogP contribution in [0, 0.1) is 0 Å². The summed E-state index contributed by atoms with van der Waals surface area (Å²) in [6, 6.07) is 23.7. The lowest BCUT2D eigenvalue weighted by Gasteiger charge is -2.11. The Hall–Kier alpha value is -4.99. The minimum atomic E-state index is -4.66. The van der Waals surface area contributed by atoms with Crippen molar-refractivity contribution in [1.82, 2.24) is 19.7 Å². The number of benzene rings is 2. The summed E-state index contributed by atoms with van der Waals surface area (Å²) in [7, 11) is 0. The zero-order valence-corrected chi connectivity index (χ0v) is 20.5. The minimum Gasteiger partial charge on any atom is -0.493 e. The van der Waals surface area contributed by atoms with Crippen molar-refractivity contribution >= 4 is 11.6 Å². The van der Waals surface area contributed by atoms with Crippen LogP contribution < -0.4 is 10.1 Å². The molecule has 3 heterocycles. The number of hydrogen-bond acceptors (Lipinski definition) is 5. The van der Waals surface area contributed by atoms with Crippen molar-refractivity contribution in [1.29, 1.82) is 0 Å². The SMILES string of the molecule is O=C(Nc1ccc(-n2nc(-c3cccnc3)cc2C(F)(F)F)nc1)c1cccc(OCCc2ccccc2)c1. The largest absolute Gasteiger partial charge is 0.493 e. The number of nitrogens with one attached hydrogen (secondary N) is 1. The average molecular weight is 530 g/mol. The molecule has 7 nitrogen and oxygen atoms in total. The standard InChI is InChI=1S/C29H22F3N5O2/c30-29(31,32)26-17-25(22-9-5-14-33-18-22)36-37(26)27-12-11-23(19-34-27)35-28(38)21-8-4-10-24(16-21)39-15-13-20-6-2-1-3-7-20/h1-12,14,16-19H,13,15H2,(H,35,38). The number of halogens is 3. The molecule has 0 saturated carbocycles. The van der Waals surface area contributed by atoms with Crippen LogP contribution in [0.25, 0.3) is 17.1 Å². The van der Waals surface area contributed by atoms with Crippen LogP contribution in [0.4, 0.5) is 18.9 Å². The summed E-state index contributed by atoms with van der Waals surface area (Å²) in [5.74, 6) is 0.0890. The van der Waals surface area contributed by atoms with Gasteiger partial charge in [0.15, 0.2) is 11.5 Å². The Morgan fingerprint density at radius 3 is 2.49 bits per heavy atom. The quantitative estimate of drug-likeness (QED) is 0.258. The van der Waals surface area contributed by atoms with E-state index in [4.69, 9.17) is 4.74 Å². The number of carbonyl (C=O) groups is 1. The van der Waals surface area contributed by atoms with Crippen molar-refractivity contribution in [3.63, 3.8) is 0 Å². The van der Waals surface area contributed by atoms with Gasteiger partial charge in [0, 0.05) is 29.9 Å². The summed E-state index contributed by atoms with van der Waals surface area (Å²) in [5.41, 5.74) is 1.40. The number of alkyl halides is 3. The third-order valence-electron chi connectivity index (χ3n) is 5.78. The summed E-state index contributed by atoms with van der Waals surface area (Å²) >= 11 is 0. The predicted molar refractivity (Wildman–Crippen MR) is 140 cm³/mol. The van der Waals surface area contributed by atoms with E-state index in [1.54, 1.807) is 36.4 Å². The van der Waals surface area contributed by atoms with Crippen molar-refractivity contribution in [2.45, 2.75) is 12.6 Å². The molecule has 0 aliphatic carbocycles. The van der Waals surface area contributed by atoms with E-state index in [0.717, 1.165) is 22.7 Å². The maximum atomic E-state index is 13.7. The zero-order valence-electron chi connectivity index (χ0n) is 20.5. The number of aromatic nitrogens is 4. The molecular formula is C29H22F3N5O2. The molecule has 0 radical (unpaired) electrons. The van der Waals surface area contributed by atoms with Crippen molar-refractivity contribution in [3.05, 3.63) is 120 Å². The first-order valence-corrected chi connectivity index (χ1v) is 12.0. The lowest BCUT2D eigenvalue weighted by Crippen LogP contribution is -2.15.